The Balaban J connectivity index is 2.02. The summed E-state index contributed by atoms with van der Waals surface area (Å²) in [4.78, 5) is 23.9. The van der Waals surface area contributed by atoms with Crippen LogP contribution in [0, 0.1) is 13.8 Å². The fourth-order valence-electron chi connectivity index (χ4n) is 2.22. The molecule has 0 unspecified atom stereocenters. The van der Waals surface area contributed by atoms with Gasteiger partial charge in [0.25, 0.3) is 0 Å². The molecule has 2 aromatic carbocycles. The molecule has 7 nitrogen and oxygen atoms in total. The lowest BCUT2D eigenvalue weighted by molar-refractivity contribution is -0.136. The number of hydrogen-bond donors (Lipinski definition) is 3. The summed E-state index contributed by atoms with van der Waals surface area (Å²) in [5.41, 5.74) is 5.07. The number of halogens is 1. The molecule has 0 radical (unpaired) electrons. The SMILES string of the molecule is CCOc1cc(/C=N\NC(=O)C(=O)Nc2cccc(C)c2C)cc(Cl)c1O. The van der Waals surface area contributed by atoms with Crippen LogP contribution in [0.5, 0.6) is 11.5 Å². The van der Waals surface area contributed by atoms with Gasteiger partial charge in [-0.1, -0.05) is 23.7 Å². The summed E-state index contributed by atoms with van der Waals surface area (Å²) in [7, 11) is 0. The molecule has 0 aliphatic rings. The van der Waals surface area contributed by atoms with Crippen molar-refractivity contribution in [1.82, 2.24) is 5.43 Å². The van der Waals surface area contributed by atoms with Crippen LogP contribution >= 0.6 is 11.6 Å². The standard InChI is InChI=1S/C19H20ClN3O4/c1-4-27-16-9-13(8-14(20)17(16)24)10-21-23-19(26)18(25)22-15-7-5-6-11(2)12(15)3/h5-10,24H,4H2,1-3H3,(H,22,25)(H,23,26)/b21-10-. The van der Waals surface area contributed by atoms with Crippen LogP contribution in [0.2, 0.25) is 5.02 Å². The second-order valence-electron chi connectivity index (χ2n) is 5.68. The van der Waals surface area contributed by atoms with Gasteiger partial charge in [0.1, 0.15) is 0 Å². The Morgan fingerprint density at radius 1 is 1.26 bits per heavy atom. The zero-order valence-electron chi connectivity index (χ0n) is 15.2. The molecule has 2 rings (SSSR count). The molecular formula is C19H20ClN3O4. The van der Waals surface area contributed by atoms with Gasteiger partial charge in [-0.3, -0.25) is 9.59 Å². The summed E-state index contributed by atoms with van der Waals surface area (Å²) in [5.74, 6) is -1.72. The van der Waals surface area contributed by atoms with Gasteiger partial charge in [0.05, 0.1) is 17.8 Å². The van der Waals surface area contributed by atoms with E-state index in [9.17, 15) is 14.7 Å². The third-order valence-electron chi connectivity index (χ3n) is 3.79. The van der Waals surface area contributed by atoms with Gasteiger partial charge < -0.3 is 15.2 Å². The van der Waals surface area contributed by atoms with Gasteiger partial charge in [-0.15, -0.1) is 0 Å². The molecule has 0 heterocycles. The molecule has 0 saturated heterocycles. The molecule has 142 valence electrons. The highest BCUT2D eigenvalue weighted by molar-refractivity contribution is 6.39. The summed E-state index contributed by atoms with van der Waals surface area (Å²) in [6.45, 7) is 5.88. The predicted octanol–water partition coefficient (Wildman–Crippen LogP) is 3.15. The summed E-state index contributed by atoms with van der Waals surface area (Å²) in [6.07, 6.45) is 1.29. The van der Waals surface area contributed by atoms with Crippen LogP contribution in [0.25, 0.3) is 0 Å². The molecule has 0 bridgehead atoms. The van der Waals surface area contributed by atoms with E-state index in [-0.39, 0.29) is 16.5 Å². The van der Waals surface area contributed by atoms with E-state index < -0.39 is 11.8 Å². The number of nitrogens with one attached hydrogen (secondary N) is 2. The van der Waals surface area contributed by atoms with E-state index in [4.69, 9.17) is 16.3 Å². The summed E-state index contributed by atoms with van der Waals surface area (Å²) in [6, 6.07) is 8.37. The van der Waals surface area contributed by atoms with E-state index in [1.54, 1.807) is 19.1 Å². The van der Waals surface area contributed by atoms with Crippen LogP contribution in [-0.4, -0.2) is 29.7 Å². The van der Waals surface area contributed by atoms with E-state index in [1.807, 2.05) is 19.9 Å². The van der Waals surface area contributed by atoms with Gasteiger partial charge in [0.2, 0.25) is 0 Å². The van der Waals surface area contributed by atoms with Crippen LogP contribution in [0.1, 0.15) is 23.6 Å². The fourth-order valence-corrected chi connectivity index (χ4v) is 2.43. The number of anilines is 1. The third kappa shape index (κ3) is 5.21. The molecular weight excluding hydrogens is 370 g/mol. The number of phenols is 1. The quantitative estimate of drug-likeness (QED) is 0.415. The number of ether oxygens (including phenoxy) is 1. The minimum absolute atomic E-state index is 0.0846. The number of nitrogens with zero attached hydrogens (tertiary/aromatic N) is 1. The first-order chi connectivity index (χ1) is 12.8. The van der Waals surface area contributed by atoms with Crippen molar-refractivity contribution in [2.24, 2.45) is 5.10 Å². The number of rotatable bonds is 5. The Morgan fingerprint density at radius 3 is 2.70 bits per heavy atom. The maximum Gasteiger partial charge on any atom is 0.329 e. The first kappa shape index (κ1) is 20.3. The topological polar surface area (TPSA) is 100 Å². The lowest BCUT2D eigenvalue weighted by atomic mass is 10.1. The molecule has 2 amide bonds. The van der Waals surface area contributed by atoms with Crippen LogP contribution in [0.15, 0.2) is 35.4 Å². The highest BCUT2D eigenvalue weighted by Gasteiger charge is 2.14. The molecule has 8 heteroatoms. The molecule has 0 atom stereocenters. The molecule has 2 aromatic rings. The van der Waals surface area contributed by atoms with Gasteiger partial charge in [-0.2, -0.15) is 5.10 Å². The van der Waals surface area contributed by atoms with E-state index in [0.29, 0.717) is 17.9 Å². The largest absolute Gasteiger partial charge is 0.503 e. The van der Waals surface area contributed by atoms with Crippen LogP contribution < -0.4 is 15.5 Å². The number of aromatic hydroxyl groups is 1. The van der Waals surface area contributed by atoms with E-state index in [2.05, 4.69) is 15.8 Å². The maximum atomic E-state index is 12.0. The van der Waals surface area contributed by atoms with Crippen molar-refractivity contribution < 1.29 is 19.4 Å². The van der Waals surface area contributed by atoms with Crippen molar-refractivity contribution in [1.29, 1.82) is 0 Å². The Bertz CT molecular complexity index is 897. The predicted molar refractivity (Wildman–Crippen MR) is 105 cm³/mol. The number of benzene rings is 2. The van der Waals surface area contributed by atoms with Gasteiger partial charge in [-0.25, -0.2) is 5.43 Å². The molecule has 0 aliphatic heterocycles. The number of amides is 2. The molecule has 0 aliphatic carbocycles. The average Bonchev–Trinajstić information content (AvgIpc) is 2.63. The minimum Gasteiger partial charge on any atom is -0.503 e. The summed E-state index contributed by atoms with van der Waals surface area (Å²) >= 11 is 5.92. The Labute approximate surface area is 162 Å². The van der Waals surface area contributed by atoms with Crippen LogP contribution in [0.3, 0.4) is 0 Å². The number of carbonyl (C=O) groups excluding carboxylic acids is 2. The molecule has 0 saturated carbocycles. The van der Waals surface area contributed by atoms with E-state index >= 15 is 0 Å². The Hall–Kier alpha value is -3.06. The van der Waals surface area contributed by atoms with Gasteiger partial charge >= 0.3 is 11.8 Å². The summed E-state index contributed by atoms with van der Waals surface area (Å²) in [5, 5.41) is 16.2. The summed E-state index contributed by atoms with van der Waals surface area (Å²) < 4.78 is 5.26. The zero-order chi connectivity index (χ0) is 20.0. The molecule has 27 heavy (non-hydrogen) atoms. The Kier molecular flexibility index (Phi) is 6.79. The van der Waals surface area contributed by atoms with Gasteiger partial charge in [-0.05, 0) is 55.7 Å². The fraction of sp³-hybridized carbons (Fsp3) is 0.211. The lowest BCUT2D eigenvalue weighted by Gasteiger charge is -2.09. The van der Waals surface area contributed by atoms with Crippen molar-refractivity contribution in [2.45, 2.75) is 20.8 Å². The molecule has 3 N–H and O–H groups in total. The van der Waals surface area contributed by atoms with Gasteiger partial charge in [0, 0.05) is 5.69 Å². The van der Waals surface area contributed by atoms with E-state index in [0.717, 1.165) is 11.1 Å². The first-order valence-electron chi connectivity index (χ1n) is 8.19. The van der Waals surface area contributed by atoms with Crippen LogP contribution in [0.4, 0.5) is 5.69 Å². The lowest BCUT2D eigenvalue weighted by Crippen LogP contribution is -2.32. The normalized spacial score (nSPS) is 10.7. The van der Waals surface area contributed by atoms with Gasteiger partial charge in [0.15, 0.2) is 11.5 Å². The van der Waals surface area contributed by atoms with Crippen molar-refractivity contribution in [3.63, 3.8) is 0 Å². The number of phenolic OH excluding ortho intramolecular Hbond substituents is 1. The molecule has 0 spiro atoms. The zero-order valence-corrected chi connectivity index (χ0v) is 15.9. The first-order valence-corrected chi connectivity index (χ1v) is 8.57. The second kappa shape index (κ2) is 9.05. The van der Waals surface area contributed by atoms with Crippen molar-refractivity contribution >= 4 is 35.3 Å². The van der Waals surface area contributed by atoms with Crippen molar-refractivity contribution in [3.05, 3.63) is 52.0 Å². The number of aryl methyl sites for hydroxylation is 1. The maximum absolute atomic E-state index is 12.0. The van der Waals surface area contributed by atoms with E-state index in [1.165, 1.54) is 18.3 Å². The van der Waals surface area contributed by atoms with Crippen LogP contribution in [-0.2, 0) is 9.59 Å². The third-order valence-corrected chi connectivity index (χ3v) is 4.08. The smallest absolute Gasteiger partial charge is 0.329 e. The van der Waals surface area contributed by atoms with Crippen molar-refractivity contribution in [2.75, 3.05) is 11.9 Å². The highest BCUT2D eigenvalue weighted by atomic mass is 35.5. The molecule has 0 fully saturated rings. The molecule has 0 aromatic heterocycles. The second-order valence-corrected chi connectivity index (χ2v) is 6.09. The minimum atomic E-state index is -0.915. The highest BCUT2D eigenvalue weighted by Crippen LogP contribution is 2.34. The monoisotopic (exact) mass is 389 g/mol. The Morgan fingerprint density at radius 2 is 2.00 bits per heavy atom. The number of carbonyl (C=O) groups is 2. The number of hydrazone groups is 1. The number of hydrogen-bond acceptors (Lipinski definition) is 5. The average molecular weight is 390 g/mol. The van der Waals surface area contributed by atoms with Crippen molar-refractivity contribution in [3.8, 4) is 11.5 Å².